The zero-order chi connectivity index (χ0) is 19.7. The third kappa shape index (κ3) is 3.66. The average molecular weight is 382 g/mol. The summed E-state index contributed by atoms with van der Waals surface area (Å²) in [5.41, 5.74) is 3.47. The number of fused-ring (bicyclic) bond motifs is 1. The van der Waals surface area contributed by atoms with Gasteiger partial charge < -0.3 is 10.6 Å². The monoisotopic (exact) mass is 382 g/mol. The van der Waals surface area contributed by atoms with Gasteiger partial charge in [0.2, 0.25) is 5.91 Å². The third-order valence-corrected chi connectivity index (χ3v) is 5.00. The van der Waals surface area contributed by atoms with Gasteiger partial charge in [0.1, 0.15) is 11.6 Å². The SMILES string of the molecule is Cn1ncc(NC(=O)C[C@@H]2Cc3ccccc3CN2)c1-c1ccc(F)cc1F. The van der Waals surface area contributed by atoms with Gasteiger partial charge in [-0.05, 0) is 29.7 Å². The maximum Gasteiger partial charge on any atom is 0.226 e. The molecule has 0 radical (unpaired) electrons. The number of amides is 1. The van der Waals surface area contributed by atoms with Crippen molar-refractivity contribution in [2.24, 2.45) is 7.05 Å². The maximum absolute atomic E-state index is 14.2. The summed E-state index contributed by atoms with van der Waals surface area (Å²) in [5, 5.41) is 10.3. The summed E-state index contributed by atoms with van der Waals surface area (Å²) in [6, 6.07) is 11.5. The van der Waals surface area contributed by atoms with Crippen LogP contribution in [0.1, 0.15) is 17.5 Å². The Hall–Kier alpha value is -3.06. The fourth-order valence-electron chi connectivity index (χ4n) is 3.62. The van der Waals surface area contributed by atoms with Crippen LogP contribution in [0.15, 0.2) is 48.7 Å². The molecule has 1 aliphatic rings. The number of carbonyl (C=O) groups is 1. The highest BCUT2D eigenvalue weighted by molar-refractivity contribution is 5.95. The van der Waals surface area contributed by atoms with Crippen LogP contribution in [-0.4, -0.2) is 21.7 Å². The van der Waals surface area contributed by atoms with Gasteiger partial charge in [-0.15, -0.1) is 0 Å². The van der Waals surface area contributed by atoms with Gasteiger partial charge in [-0.2, -0.15) is 5.10 Å². The van der Waals surface area contributed by atoms with Crippen molar-refractivity contribution in [1.82, 2.24) is 15.1 Å². The molecule has 0 saturated heterocycles. The molecule has 2 N–H and O–H groups in total. The van der Waals surface area contributed by atoms with E-state index in [0.29, 0.717) is 11.4 Å². The molecule has 1 atom stereocenters. The van der Waals surface area contributed by atoms with Gasteiger partial charge in [-0.3, -0.25) is 9.48 Å². The molecule has 7 heteroatoms. The van der Waals surface area contributed by atoms with E-state index in [-0.39, 0.29) is 23.9 Å². The summed E-state index contributed by atoms with van der Waals surface area (Å²) in [7, 11) is 1.65. The van der Waals surface area contributed by atoms with Crippen molar-refractivity contribution < 1.29 is 13.6 Å². The lowest BCUT2D eigenvalue weighted by molar-refractivity contribution is -0.116. The molecule has 5 nitrogen and oxygen atoms in total. The predicted octanol–water partition coefficient (Wildman–Crippen LogP) is 3.41. The van der Waals surface area contributed by atoms with Crippen LogP contribution >= 0.6 is 0 Å². The van der Waals surface area contributed by atoms with Gasteiger partial charge >= 0.3 is 0 Å². The third-order valence-electron chi connectivity index (χ3n) is 5.00. The van der Waals surface area contributed by atoms with Crippen LogP contribution in [0.2, 0.25) is 0 Å². The molecule has 0 saturated carbocycles. The Morgan fingerprint density at radius 1 is 1.25 bits per heavy atom. The second kappa shape index (κ2) is 7.52. The highest BCUT2D eigenvalue weighted by atomic mass is 19.1. The van der Waals surface area contributed by atoms with Crippen molar-refractivity contribution in [3.05, 3.63) is 71.4 Å². The van der Waals surface area contributed by atoms with Crippen LogP contribution in [0, 0.1) is 11.6 Å². The number of aromatic nitrogens is 2. The van der Waals surface area contributed by atoms with Crippen LogP contribution in [0.5, 0.6) is 0 Å². The van der Waals surface area contributed by atoms with Gasteiger partial charge in [0.25, 0.3) is 0 Å². The molecule has 0 aliphatic carbocycles. The summed E-state index contributed by atoms with van der Waals surface area (Å²) >= 11 is 0. The molecule has 1 amide bonds. The minimum absolute atomic E-state index is 0.0255. The lowest BCUT2D eigenvalue weighted by Gasteiger charge is -2.25. The van der Waals surface area contributed by atoms with Crippen LogP contribution < -0.4 is 10.6 Å². The smallest absolute Gasteiger partial charge is 0.226 e. The number of carbonyl (C=O) groups excluding carboxylic acids is 1. The molecule has 2 aromatic carbocycles. The van der Waals surface area contributed by atoms with Crippen molar-refractivity contribution in [1.29, 1.82) is 0 Å². The number of rotatable bonds is 4. The quantitative estimate of drug-likeness (QED) is 0.727. The Morgan fingerprint density at radius 2 is 2.04 bits per heavy atom. The van der Waals surface area contributed by atoms with E-state index in [1.165, 1.54) is 34.1 Å². The Labute approximate surface area is 161 Å². The fourth-order valence-corrected chi connectivity index (χ4v) is 3.62. The minimum atomic E-state index is -0.704. The van der Waals surface area contributed by atoms with E-state index in [2.05, 4.69) is 27.9 Å². The standard InChI is InChI=1S/C21H20F2N4O/c1-27-21(17-7-6-15(22)9-18(17)23)19(12-25-27)26-20(28)10-16-8-13-4-2-3-5-14(13)11-24-16/h2-7,9,12,16,24H,8,10-11H2,1H3,(H,26,28)/t16-/m0/s1. The van der Waals surface area contributed by atoms with Crippen LogP contribution in [-0.2, 0) is 24.8 Å². The van der Waals surface area contributed by atoms with Gasteiger partial charge in [-0.25, -0.2) is 8.78 Å². The minimum Gasteiger partial charge on any atom is -0.323 e. The molecule has 3 aromatic rings. The molecule has 1 aliphatic heterocycles. The molecule has 0 unspecified atom stereocenters. The van der Waals surface area contributed by atoms with Crippen LogP contribution in [0.3, 0.4) is 0 Å². The van der Waals surface area contributed by atoms with Crippen LogP contribution in [0.4, 0.5) is 14.5 Å². The highest BCUT2D eigenvalue weighted by Crippen LogP contribution is 2.30. The number of hydrogen-bond acceptors (Lipinski definition) is 3. The number of aryl methyl sites for hydroxylation is 1. The molecule has 28 heavy (non-hydrogen) atoms. The summed E-state index contributed by atoms with van der Waals surface area (Å²) in [6.45, 7) is 0.729. The van der Waals surface area contributed by atoms with E-state index < -0.39 is 11.6 Å². The zero-order valence-corrected chi connectivity index (χ0v) is 15.4. The Morgan fingerprint density at radius 3 is 2.82 bits per heavy atom. The molecule has 4 rings (SSSR count). The van der Waals surface area contributed by atoms with E-state index >= 15 is 0 Å². The second-order valence-corrected chi connectivity index (χ2v) is 6.96. The summed E-state index contributed by atoms with van der Waals surface area (Å²) < 4.78 is 28.9. The predicted molar refractivity (Wildman–Crippen MR) is 103 cm³/mol. The van der Waals surface area contributed by atoms with E-state index in [4.69, 9.17) is 0 Å². The highest BCUT2D eigenvalue weighted by Gasteiger charge is 2.22. The molecular weight excluding hydrogens is 362 g/mol. The molecule has 1 aromatic heterocycles. The van der Waals surface area contributed by atoms with Gasteiger partial charge in [0.05, 0.1) is 17.6 Å². The first kappa shape index (κ1) is 18.3. The van der Waals surface area contributed by atoms with Gasteiger partial charge in [0.15, 0.2) is 0 Å². The first-order valence-corrected chi connectivity index (χ1v) is 9.08. The molecule has 0 spiro atoms. The summed E-state index contributed by atoms with van der Waals surface area (Å²) in [4.78, 5) is 12.6. The topological polar surface area (TPSA) is 59.0 Å². The average Bonchev–Trinajstić information content (AvgIpc) is 3.02. The maximum atomic E-state index is 14.2. The summed E-state index contributed by atoms with van der Waals surface area (Å²) in [5.74, 6) is -1.55. The molecule has 2 heterocycles. The van der Waals surface area contributed by atoms with Crippen molar-refractivity contribution in [3.63, 3.8) is 0 Å². The van der Waals surface area contributed by atoms with Crippen molar-refractivity contribution in [2.45, 2.75) is 25.4 Å². The number of benzene rings is 2. The Bertz CT molecular complexity index is 1030. The Kier molecular flexibility index (Phi) is 4.92. The lowest BCUT2D eigenvalue weighted by Crippen LogP contribution is -2.38. The fraction of sp³-hybridized carbons (Fsp3) is 0.238. The van der Waals surface area contributed by atoms with E-state index in [0.717, 1.165) is 19.0 Å². The lowest BCUT2D eigenvalue weighted by atomic mass is 9.94. The van der Waals surface area contributed by atoms with E-state index in [9.17, 15) is 13.6 Å². The number of nitrogens with one attached hydrogen (secondary N) is 2. The summed E-state index contributed by atoms with van der Waals surface area (Å²) in [6.07, 6.45) is 2.53. The number of nitrogens with zero attached hydrogens (tertiary/aromatic N) is 2. The normalized spacial score (nSPS) is 15.9. The molecular formula is C21H20F2N4O. The van der Waals surface area contributed by atoms with E-state index in [1.54, 1.807) is 7.05 Å². The first-order valence-electron chi connectivity index (χ1n) is 9.08. The first-order chi connectivity index (χ1) is 13.5. The van der Waals surface area contributed by atoms with E-state index in [1.807, 2.05) is 12.1 Å². The largest absolute Gasteiger partial charge is 0.323 e. The Balaban J connectivity index is 1.49. The second-order valence-electron chi connectivity index (χ2n) is 6.96. The van der Waals surface area contributed by atoms with Crippen LogP contribution in [0.25, 0.3) is 11.3 Å². The molecule has 144 valence electrons. The molecule has 0 fully saturated rings. The van der Waals surface area contributed by atoms with Crippen molar-refractivity contribution in [2.75, 3.05) is 5.32 Å². The van der Waals surface area contributed by atoms with Gasteiger partial charge in [-0.1, -0.05) is 24.3 Å². The van der Waals surface area contributed by atoms with Gasteiger partial charge in [0, 0.05) is 37.7 Å². The van der Waals surface area contributed by atoms with Crippen molar-refractivity contribution in [3.8, 4) is 11.3 Å². The number of hydrogen-bond donors (Lipinski definition) is 2. The molecule has 0 bridgehead atoms. The number of anilines is 1. The number of halogens is 2. The van der Waals surface area contributed by atoms with Crippen molar-refractivity contribution >= 4 is 11.6 Å². The zero-order valence-electron chi connectivity index (χ0n) is 15.4.